The van der Waals surface area contributed by atoms with E-state index in [1.807, 2.05) is 28.7 Å². The van der Waals surface area contributed by atoms with Gasteiger partial charge in [0.25, 0.3) is 0 Å². The molecule has 10 aromatic rings. The Kier molecular flexibility index (Phi) is 5.41. The Balaban J connectivity index is 1.18. The Morgan fingerprint density at radius 1 is 0.396 bits per heavy atom. The Morgan fingerprint density at radius 3 is 1.58 bits per heavy atom. The van der Waals surface area contributed by atoms with Crippen LogP contribution in [0.4, 0.5) is 0 Å². The molecule has 0 unspecified atom stereocenters. The highest BCUT2D eigenvalue weighted by molar-refractivity contribution is 7.26. The van der Waals surface area contributed by atoms with Gasteiger partial charge in [-0.2, -0.15) is 0 Å². The molecule has 2 aromatic heterocycles. The molecule has 0 atom stereocenters. The fourth-order valence-electron chi connectivity index (χ4n) is 8.10. The van der Waals surface area contributed by atoms with E-state index < -0.39 is 0 Å². The van der Waals surface area contributed by atoms with Gasteiger partial charge in [0.2, 0.25) is 0 Å². The molecule has 3 heteroatoms. The molecule has 48 heavy (non-hydrogen) atoms. The minimum Gasteiger partial charge on any atom is -0.507 e. The zero-order valence-electron chi connectivity index (χ0n) is 25.7. The summed E-state index contributed by atoms with van der Waals surface area (Å²) < 4.78 is 5.27. The predicted octanol–water partition coefficient (Wildman–Crippen LogP) is 13.3. The molecule has 1 aliphatic rings. The number of rotatable bonds is 2. The van der Waals surface area contributed by atoms with E-state index in [1.54, 1.807) is 0 Å². The molecule has 0 amide bonds. The lowest BCUT2D eigenvalue weighted by Gasteiger charge is -2.25. The molecule has 224 valence electrons. The second-order valence-corrected chi connectivity index (χ2v) is 15.2. The first-order valence-corrected chi connectivity index (χ1v) is 18.0. The van der Waals surface area contributed by atoms with Crippen molar-refractivity contribution >= 4 is 84.6 Å². The second-order valence-electron chi connectivity index (χ2n) is 13.0. The van der Waals surface area contributed by atoms with Gasteiger partial charge in [0.1, 0.15) is 5.75 Å². The van der Waals surface area contributed by atoms with Gasteiger partial charge in [0, 0.05) is 57.7 Å². The minimum atomic E-state index is 0.405. The van der Waals surface area contributed by atoms with Crippen LogP contribution in [0.15, 0.2) is 140 Å². The van der Waals surface area contributed by atoms with Crippen molar-refractivity contribution in [3.63, 3.8) is 0 Å². The largest absolute Gasteiger partial charge is 0.507 e. The third-order valence-corrected chi connectivity index (χ3v) is 12.7. The van der Waals surface area contributed by atoms with Crippen molar-refractivity contribution < 1.29 is 5.11 Å². The molecule has 1 N–H and O–H groups in total. The van der Waals surface area contributed by atoms with Gasteiger partial charge in [0.05, 0.1) is 0 Å². The standard InChI is InChI=1S/C45H26OS2/c46-45-33-10-2-1-7-30(33)37-23-29(27-16-18-43-36(21-27)32-9-4-6-12-41(32)48-43)24-38-34-19-25(13-14-28(34)22-39(45)44(37)38)26-15-17-42-35(20-26)31-8-3-5-11-40(31)47-42/h1-21,23-24,46H,22H2. The van der Waals surface area contributed by atoms with Crippen LogP contribution in [-0.2, 0) is 6.42 Å². The van der Waals surface area contributed by atoms with Gasteiger partial charge in [-0.15, -0.1) is 22.7 Å². The van der Waals surface area contributed by atoms with Crippen LogP contribution < -0.4 is 0 Å². The van der Waals surface area contributed by atoms with E-state index in [-0.39, 0.29) is 0 Å². The SMILES string of the molecule is Oc1c2c3c(cc(-c4ccc5sc6ccccc6c5c4)cc3c3ccccc13)-c1cc(-c3ccc4sc5ccccc5c4c3)ccc1C2. The van der Waals surface area contributed by atoms with Crippen LogP contribution in [-0.4, -0.2) is 5.11 Å². The number of phenols is 1. The Morgan fingerprint density at radius 2 is 0.896 bits per heavy atom. The number of aromatic hydroxyl groups is 1. The first-order chi connectivity index (χ1) is 23.7. The molecule has 0 saturated heterocycles. The fourth-order valence-corrected chi connectivity index (χ4v) is 10.3. The van der Waals surface area contributed by atoms with Crippen LogP contribution in [0.5, 0.6) is 5.75 Å². The van der Waals surface area contributed by atoms with Gasteiger partial charge in [0.15, 0.2) is 0 Å². The maximum absolute atomic E-state index is 11.7. The van der Waals surface area contributed by atoms with Crippen LogP contribution in [0.1, 0.15) is 11.1 Å². The van der Waals surface area contributed by atoms with Crippen molar-refractivity contribution in [1.29, 1.82) is 0 Å². The Labute approximate surface area is 284 Å². The molecule has 11 rings (SSSR count). The van der Waals surface area contributed by atoms with E-state index in [9.17, 15) is 5.11 Å². The zero-order valence-corrected chi connectivity index (χ0v) is 27.4. The summed E-state index contributed by atoms with van der Waals surface area (Å²) in [5, 5.41) is 21.3. The van der Waals surface area contributed by atoms with Crippen LogP contribution in [0.3, 0.4) is 0 Å². The summed E-state index contributed by atoms with van der Waals surface area (Å²) in [6.45, 7) is 0. The molecule has 0 bridgehead atoms. The van der Waals surface area contributed by atoms with E-state index in [0.717, 1.165) is 16.3 Å². The maximum Gasteiger partial charge on any atom is 0.127 e. The summed E-state index contributed by atoms with van der Waals surface area (Å²) in [5.41, 5.74) is 9.56. The predicted molar refractivity (Wildman–Crippen MR) is 208 cm³/mol. The average Bonchev–Trinajstić information content (AvgIpc) is 3.71. The summed E-state index contributed by atoms with van der Waals surface area (Å²) in [6, 6.07) is 51.2. The smallest absolute Gasteiger partial charge is 0.127 e. The number of thiophene rings is 2. The Hall–Kier alpha value is -5.48. The van der Waals surface area contributed by atoms with Crippen LogP contribution in [0.2, 0.25) is 0 Å². The minimum absolute atomic E-state index is 0.405. The Bertz CT molecular complexity index is 3000. The molecule has 0 fully saturated rings. The fraction of sp³-hybridized carbons (Fsp3) is 0.0222. The average molecular weight is 647 g/mol. The van der Waals surface area contributed by atoms with Crippen LogP contribution in [0, 0.1) is 0 Å². The van der Waals surface area contributed by atoms with Crippen molar-refractivity contribution in [2.75, 3.05) is 0 Å². The van der Waals surface area contributed by atoms with Gasteiger partial charge in [-0.25, -0.2) is 0 Å². The molecular weight excluding hydrogens is 621 g/mol. The van der Waals surface area contributed by atoms with Crippen LogP contribution >= 0.6 is 22.7 Å². The quantitative estimate of drug-likeness (QED) is 0.185. The van der Waals surface area contributed by atoms with E-state index >= 15 is 0 Å². The van der Waals surface area contributed by atoms with Gasteiger partial charge in [-0.3, -0.25) is 0 Å². The first kappa shape index (κ1) is 26.6. The highest BCUT2D eigenvalue weighted by Gasteiger charge is 2.25. The highest BCUT2D eigenvalue weighted by atomic mass is 32.1. The monoisotopic (exact) mass is 646 g/mol. The lowest BCUT2D eigenvalue weighted by molar-refractivity contribution is 0.477. The summed E-state index contributed by atoms with van der Waals surface area (Å²) in [7, 11) is 0. The lowest BCUT2D eigenvalue weighted by Crippen LogP contribution is -2.03. The molecule has 2 heterocycles. The normalized spacial score (nSPS) is 12.6. The number of hydrogen-bond acceptors (Lipinski definition) is 3. The molecule has 0 saturated carbocycles. The zero-order chi connectivity index (χ0) is 31.5. The van der Waals surface area contributed by atoms with Crippen molar-refractivity contribution in [3.05, 3.63) is 151 Å². The molecular formula is C45H26OS2. The summed E-state index contributed by atoms with van der Waals surface area (Å²) >= 11 is 3.71. The van der Waals surface area contributed by atoms with Crippen LogP contribution in [0.25, 0.3) is 95.3 Å². The molecule has 0 aliphatic heterocycles. The molecule has 8 aromatic carbocycles. The summed E-state index contributed by atoms with van der Waals surface area (Å²) in [4.78, 5) is 0. The molecule has 0 radical (unpaired) electrons. The van der Waals surface area contributed by atoms with Crippen molar-refractivity contribution in [2.45, 2.75) is 6.42 Å². The molecule has 0 spiro atoms. The topological polar surface area (TPSA) is 20.2 Å². The van der Waals surface area contributed by atoms with Gasteiger partial charge >= 0.3 is 0 Å². The first-order valence-electron chi connectivity index (χ1n) is 16.3. The molecule has 1 aliphatic carbocycles. The van der Waals surface area contributed by atoms with E-state index in [4.69, 9.17) is 0 Å². The highest BCUT2D eigenvalue weighted by Crippen LogP contribution is 2.50. The number of benzene rings is 8. The van der Waals surface area contributed by atoms with Gasteiger partial charge in [-0.1, -0.05) is 84.9 Å². The molecule has 1 nitrogen and oxygen atoms in total. The summed E-state index contributed by atoms with van der Waals surface area (Å²) in [6.07, 6.45) is 0.705. The number of hydrogen-bond donors (Lipinski definition) is 1. The summed E-state index contributed by atoms with van der Waals surface area (Å²) in [5.74, 6) is 0.405. The third kappa shape index (κ3) is 3.71. The van der Waals surface area contributed by atoms with Crippen molar-refractivity contribution in [2.24, 2.45) is 0 Å². The van der Waals surface area contributed by atoms with E-state index in [2.05, 4.69) is 133 Å². The maximum atomic E-state index is 11.7. The third-order valence-electron chi connectivity index (χ3n) is 10.4. The van der Waals surface area contributed by atoms with E-state index in [1.165, 1.54) is 90.1 Å². The van der Waals surface area contributed by atoms with Gasteiger partial charge < -0.3 is 5.11 Å². The van der Waals surface area contributed by atoms with Crippen molar-refractivity contribution in [3.8, 4) is 39.1 Å². The lowest BCUT2D eigenvalue weighted by atomic mass is 9.79. The number of phenolic OH excluding ortho intramolecular Hbond substituents is 1. The van der Waals surface area contributed by atoms with E-state index in [0.29, 0.717) is 12.2 Å². The second kappa shape index (κ2) is 9.77. The van der Waals surface area contributed by atoms with Gasteiger partial charge in [-0.05, 0) is 110 Å². The number of fused-ring (bicyclic) bond motifs is 10. The van der Waals surface area contributed by atoms with Crippen molar-refractivity contribution in [1.82, 2.24) is 0 Å².